The molecule has 1 atom stereocenters. The fourth-order valence-electron chi connectivity index (χ4n) is 3.91. The molecule has 2 aromatic carbocycles. The first kappa shape index (κ1) is 21.5. The highest BCUT2D eigenvalue weighted by Crippen LogP contribution is 2.32. The van der Waals surface area contributed by atoms with Crippen LogP contribution in [0.1, 0.15) is 23.1 Å². The number of fused-ring (bicyclic) bond motifs is 1. The van der Waals surface area contributed by atoms with E-state index in [1.54, 1.807) is 32.2 Å². The third-order valence-corrected chi connectivity index (χ3v) is 5.52. The van der Waals surface area contributed by atoms with Crippen LogP contribution in [-0.2, 0) is 0 Å². The van der Waals surface area contributed by atoms with Crippen LogP contribution in [0.25, 0.3) is 5.69 Å². The van der Waals surface area contributed by atoms with Crippen molar-refractivity contribution in [1.82, 2.24) is 14.7 Å². The van der Waals surface area contributed by atoms with Gasteiger partial charge in [-0.15, -0.1) is 0 Å². The van der Waals surface area contributed by atoms with Gasteiger partial charge in [-0.25, -0.2) is 9.07 Å². The first-order valence-corrected chi connectivity index (χ1v) is 10.5. The SMILES string of the molecule is CCN1CC(CN(C)C(=O)c2nn(-c3ccccc3F)c(C)cc2=O)Oc2ccccc21. The Bertz CT molecular complexity index is 1210. The lowest BCUT2D eigenvalue weighted by molar-refractivity contribution is 0.0700. The van der Waals surface area contributed by atoms with Gasteiger partial charge in [-0.1, -0.05) is 24.3 Å². The molecule has 0 aliphatic carbocycles. The Kier molecular flexibility index (Phi) is 5.94. The van der Waals surface area contributed by atoms with Crippen molar-refractivity contribution in [3.05, 3.63) is 82.0 Å². The quantitative estimate of drug-likeness (QED) is 0.615. The van der Waals surface area contributed by atoms with Crippen LogP contribution in [0.3, 0.4) is 0 Å². The number of aromatic nitrogens is 2. The number of carbonyl (C=O) groups excluding carboxylic acids is 1. The van der Waals surface area contributed by atoms with Crippen LogP contribution in [0.5, 0.6) is 5.75 Å². The van der Waals surface area contributed by atoms with Crippen LogP contribution >= 0.6 is 0 Å². The first-order valence-electron chi connectivity index (χ1n) is 10.5. The smallest absolute Gasteiger partial charge is 0.278 e. The second-order valence-electron chi connectivity index (χ2n) is 7.79. The highest BCUT2D eigenvalue weighted by molar-refractivity contribution is 5.92. The van der Waals surface area contributed by atoms with E-state index < -0.39 is 17.2 Å². The maximum atomic E-state index is 14.3. The molecule has 3 aromatic rings. The number of ether oxygens (including phenoxy) is 1. The van der Waals surface area contributed by atoms with Gasteiger partial charge in [-0.3, -0.25) is 9.59 Å². The molecule has 0 N–H and O–H groups in total. The van der Waals surface area contributed by atoms with Gasteiger partial charge in [0.1, 0.15) is 23.4 Å². The number of para-hydroxylation sites is 3. The van der Waals surface area contributed by atoms with E-state index in [0.717, 1.165) is 18.0 Å². The summed E-state index contributed by atoms with van der Waals surface area (Å²) in [5, 5.41) is 4.21. The fraction of sp³-hybridized carbons (Fsp3) is 0.292. The Morgan fingerprint density at radius 3 is 2.59 bits per heavy atom. The molecule has 1 aromatic heterocycles. The number of rotatable bonds is 5. The van der Waals surface area contributed by atoms with E-state index >= 15 is 0 Å². The van der Waals surface area contributed by atoms with Crippen LogP contribution in [0.2, 0.25) is 0 Å². The number of carbonyl (C=O) groups is 1. The van der Waals surface area contributed by atoms with Crippen molar-refractivity contribution in [2.75, 3.05) is 31.6 Å². The Hall–Kier alpha value is -3.68. The van der Waals surface area contributed by atoms with Crippen LogP contribution in [-0.4, -0.2) is 53.4 Å². The summed E-state index contributed by atoms with van der Waals surface area (Å²) in [5.74, 6) is -0.264. The summed E-state index contributed by atoms with van der Waals surface area (Å²) < 4.78 is 21.7. The fourth-order valence-corrected chi connectivity index (χ4v) is 3.91. The van der Waals surface area contributed by atoms with Crippen molar-refractivity contribution in [2.24, 2.45) is 0 Å². The van der Waals surface area contributed by atoms with E-state index in [-0.39, 0.29) is 24.0 Å². The Balaban J connectivity index is 1.58. The van der Waals surface area contributed by atoms with Gasteiger partial charge in [0.2, 0.25) is 5.43 Å². The van der Waals surface area contributed by atoms with Gasteiger partial charge in [0.25, 0.3) is 5.91 Å². The molecule has 1 aliphatic rings. The average molecular weight is 436 g/mol. The normalized spacial score (nSPS) is 15.1. The average Bonchev–Trinajstić information content (AvgIpc) is 2.79. The molecule has 0 saturated carbocycles. The second kappa shape index (κ2) is 8.82. The summed E-state index contributed by atoms with van der Waals surface area (Å²) in [6.45, 7) is 5.41. The van der Waals surface area contributed by atoms with Gasteiger partial charge in [-0.05, 0) is 38.1 Å². The molecule has 8 heteroatoms. The Morgan fingerprint density at radius 2 is 1.88 bits per heavy atom. The molecular weight excluding hydrogens is 411 g/mol. The van der Waals surface area contributed by atoms with Crippen molar-refractivity contribution in [3.63, 3.8) is 0 Å². The van der Waals surface area contributed by atoms with Crippen molar-refractivity contribution in [1.29, 1.82) is 0 Å². The number of amides is 1. The lowest BCUT2D eigenvalue weighted by atomic mass is 10.1. The molecule has 0 radical (unpaired) electrons. The third kappa shape index (κ3) is 4.08. The minimum atomic E-state index is -0.536. The van der Waals surface area contributed by atoms with Crippen LogP contribution in [0.4, 0.5) is 10.1 Å². The van der Waals surface area contributed by atoms with Crippen molar-refractivity contribution < 1.29 is 13.9 Å². The molecular formula is C24H25FN4O3. The number of anilines is 1. The maximum absolute atomic E-state index is 14.3. The summed E-state index contributed by atoms with van der Waals surface area (Å²) in [6, 6.07) is 15.2. The van der Waals surface area contributed by atoms with Crippen LogP contribution in [0.15, 0.2) is 59.4 Å². The van der Waals surface area contributed by atoms with E-state index in [9.17, 15) is 14.0 Å². The molecule has 1 amide bonds. The summed E-state index contributed by atoms with van der Waals surface area (Å²) in [5.41, 5.74) is 0.868. The van der Waals surface area contributed by atoms with Crippen molar-refractivity contribution in [2.45, 2.75) is 20.0 Å². The topological polar surface area (TPSA) is 67.7 Å². The lowest BCUT2D eigenvalue weighted by Crippen LogP contribution is -2.47. The molecule has 0 spiro atoms. The van der Waals surface area contributed by atoms with E-state index in [1.165, 1.54) is 21.7 Å². The Morgan fingerprint density at radius 1 is 1.19 bits per heavy atom. The minimum Gasteiger partial charge on any atom is -0.485 e. The van der Waals surface area contributed by atoms with Crippen molar-refractivity contribution in [3.8, 4) is 11.4 Å². The third-order valence-electron chi connectivity index (χ3n) is 5.52. The molecule has 32 heavy (non-hydrogen) atoms. The molecule has 0 bridgehead atoms. The van der Waals surface area contributed by atoms with Crippen molar-refractivity contribution >= 4 is 11.6 Å². The van der Waals surface area contributed by atoms with Gasteiger partial charge in [-0.2, -0.15) is 5.10 Å². The molecule has 7 nitrogen and oxygen atoms in total. The highest BCUT2D eigenvalue weighted by Gasteiger charge is 2.28. The summed E-state index contributed by atoms with van der Waals surface area (Å²) in [7, 11) is 1.61. The van der Waals surface area contributed by atoms with Gasteiger partial charge >= 0.3 is 0 Å². The molecule has 1 unspecified atom stereocenters. The molecule has 4 rings (SSSR count). The number of benzene rings is 2. The number of halogens is 1. The zero-order valence-electron chi connectivity index (χ0n) is 18.3. The molecule has 166 valence electrons. The minimum absolute atomic E-state index is 0.174. The predicted molar refractivity (Wildman–Crippen MR) is 120 cm³/mol. The van der Waals surface area contributed by atoms with Crippen LogP contribution in [0, 0.1) is 12.7 Å². The molecule has 0 saturated heterocycles. The van der Waals surface area contributed by atoms with Gasteiger partial charge in [0.05, 0.1) is 18.8 Å². The number of hydrogen-bond acceptors (Lipinski definition) is 5. The standard InChI is InChI=1S/C24H25FN4O3/c1-4-28-15-17(32-22-12-8-7-11-20(22)28)14-27(3)24(31)23-21(30)13-16(2)29(26-23)19-10-6-5-9-18(19)25/h5-13,17H,4,14-15H2,1-3H3. The molecule has 1 aliphatic heterocycles. The molecule has 0 fully saturated rings. The summed E-state index contributed by atoms with van der Waals surface area (Å²) >= 11 is 0. The van der Waals surface area contributed by atoms with Gasteiger partial charge in [0.15, 0.2) is 5.69 Å². The molecule has 2 heterocycles. The van der Waals surface area contributed by atoms with E-state index in [2.05, 4.69) is 16.9 Å². The second-order valence-corrected chi connectivity index (χ2v) is 7.79. The maximum Gasteiger partial charge on any atom is 0.278 e. The zero-order valence-corrected chi connectivity index (χ0v) is 18.3. The highest BCUT2D eigenvalue weighted by atomic mass is 19.1. The predicted octanol–water partition coefficient (Wildman–Crippen LogP) is 3.04. The van der Waals surface area contributed by atoms with E-state index in [4.69, 9.17) is 4.74 Å². The summed E-state index contributed by atoms with van der Waals surface area (Å²) in [6.07, 6.45) is -0.266. The number of aryl methyl sites for hydroxylation is 1. The number of nitrogens with zero attached hydrogens (tertiary/aromatic N) is 4. The van der Waals surface area contributed by atoms with Gasteiger partial charge in [0, 0.05) is 25.4 Å². The largest absolute Gasteiger partial charge is 0.485 e. The lowest BCUT2D eigenvalue weighted by Gasteiger charge is -2.37. The number of likely N-dealkylation sites (N-methyl/N-ethyl adjacent to an activating group) is 2. The zero-order chi connectivity index (χ0) is 22.8. The van der Waals surface area contributed by atoms with E-state index in [0.29, 0.717) is 12.2 Å². The van der Waals surface area contributed by atoms with Gasteiger partial charge < -0.3 is 14.5 Å². The Labute approximate surface area is 185 Å². The summed E-state index contributed by atoms with van der Waals surface area (Å²) in [4.78, 5) is 29.3. The number of hydrogen-bond donors (Lipinski definition) is 0. The monoisotopic (exact) mass is 436 g/mol. The van der Waals surface area contributed by atoms with Crippen LogP contribution < -0.4 is 15.1 Å². The van der Waals surface area contributed by atoms with E-state index in [1.807, 2.05) is 24.3 Å². The first-order chi connectivity index (χ1) is 15.4.